The molecule has 0 radical (unpaired) electrons. The summed E-state index contributed by atoms with van der Waals surface area (Å²) in [5.74, 6) is -0.250. The molecule has 2 aromatic rings. The highest BCUT2D eigenvalue weighted by Crippen LogP contribution is 2.43. The van der Waals surface area contributed by atoms with Crippen molar-refractivity contribution in [1.82, 2.24) is 14.9 Å². The number of hydrogen-bond acceptors (Lipinski definition) is 9. The molecule has 0 aliphatic carbocycles. The van der Waals surface area contributed by atoms with Crippen molar-refractivity contribution in [3.8, 4) is 11.6 Å². The van der Waals surface area contributed by atoms with Gasteiger partial charge in [-0.05, 0) is 12.1 Å². The maximum atomic E-state index is 13.0. The Morgan fingerprint density at radius 1 is 1.38 bits per heavy atom. The number of methoxy groups -OCH3 is 1. The Labute approximate surface area is 185 Å². The molecule has 1 unspecified atom stereocenters. The smallest absolute Gasteiger partial charge is 0.486 e. The van der Waals surface area contributed by atoms with E-state index in [2.05, 4.69) is 14.7 Å². The van der Waals surface area contributed by atoms with Crippen molar-refractivity contribution in [1.29, 1.82) is 0 Å². The third-order valence-electron chi connectivity index (χ3n) is 5.17. The molecule has 32 heavy (non-hydrogen) atoms. The SMILES string of the molecule is COc1nc(C(=O)N2CC[C@@]3(c4nccs4)OCOC3C2)ccc1OCCOC(F)(F)F. The molecule has 0 spiro atoms. The lowest BCUT2D eigenvalue weighted by molar-refractivity contribution is -0.325. The summed E-state index contributed by atoms with van der Waals surface area (Å²) in [6.07, 6.45) is -2.86. The average Bonchev–Trinajstić information content (AvgIpc) is 3.45. The van der Waals surface area contributed by atoms with Gasteiger partial charge in [0.2, 0.25) is 0 Å². The van der Waals surface area contributed by atoms with Gasteiger partial charge in [-0.15, -0.1) is 24.5 Å². The standard InChI is InChI=1S/C19H20F3N3O6S/c1-27-15-13(28-7-8-30-19(20,21)22)3-2-12(24-15)16(26)25-6-4-18(17-23-5-9-32-17)14(10-25)29-11-31-18/h2-3,5,9,14H,4,6-8,10-11H2,1H3/t14?,18-/m1/s1. The van der Waals surface area contributed by atoms with E-state index in [4.69, 9.17) is 18.9 Å². The molecule has 2 fully saturated rings. The maximum Gasteiger partial charge on any atom is 0.522 e. The van der Waals surface area contributed by atoms with Crippen molar-refractivity contribution in [2.75, 3.05) is 40.2 Å². The summed E-state index contributed by atoms with van der Waals surface area (Å²) in [5, 5.41) is 2.69. The summed E-state index contributed by atoms with van der Waals surface area (Å²) < 4.78 is 61.8. The molecule has 1 amide bonds. The number of thiazole rings is 1. The second-order valence-corrected chi connectivity index (χ2v) is 7.89. The van der Waals surface area contributed by atoms with E-state index in [0.29, 0.717) is 19.5 Å². The van der Waals surface area contributed by atoms with E-state index in [9.17, 15) is 18.0 Å². The van der Waals surface area contributed by atoms with Crippen LogP contribution in [0.15, 0.2) is 23.7 Å². The van der Waals surface area contributed by atoms with E-state index in [0.717, 1.165) is 5.01 Å². The molecule has 9 nitrogen and oxygen atoms in total. The third-order valence-corrected chi connectivity index (χ3v) is 6.10. The zero-order valence-electron chi connectivity index (χ0n) is 17.0. The number of pyridine rings is 1. The predicted molar refractivity (Wildman–Crippen MR) is 103 cm³/mol. The second-order valence-electron chi connectivity index (χ2n) is 6.99. The largest absolute Gasteiger partial charge is 0.522 e. The number of ether oxygens (including phenoxy) is 5. The first-order valence-electron chi connectivity index (χ1n) is 9.66. The summed E-state index contributed by atoms with van der Waals surface area (Å²) in [5.41, 5.74) is -0.548. The first-order valence-corrected chi connectivity index (χ1v) is 10.5. The molecule has 2 aromatic heterocycles. The van der Waals surface area contributed by atoms with Crippen LogP contribution in [0, 0.1) is 0 Å². The highest BCUT2D eigenvalue weighted by Gasteiger charge is 2.53. The minimum Gasteiger partial charge on any atom is -0.486 e. The van der Waals surface area contributed by atoms with Crippen molar-refractivity contribution in [3.05, 3.63) is 34.4 Å². The van der Waals surface area contributed by atoms with E-state index in [-0.39, 0.29) is 42.7 Å². The van der Waals surface area contributed by atoms with Gasteiger partial charge in [-0.1, -0.05) is 0 Å². The summed E-state index contributed by atoms with van der Waals surface area (Å²) in [6, 6.07) is 2.85. The number of fused-ring (bicyclic) bond motifs is 1. The van der Waals surface area contributed by atoms with Crippen LogP contribution in [0.5, 0.6) is 11.6 Å². The number of halogens is 3. The number of piperidine rings is 1. The number of nitrogens with zero attached hydrogens (tertiary/aromatic N) is 3. The first-order chi connectivity index (χ1) is 15.3. The highest BCUT2D eigenvalue weighted by molar-refractivity contribution is 7.09. The van der Waals surface area contributed by atoms with Crippen molar-refractivity contribution < 1.29 is 41.7 Å². The minimum absolute atomic E-state index is 0.0162. The quantitative estimate of drug-likeness (QED) is 0.565. The van der Waals surface area contributed by atoms with Gasteiger partial charge in [0.05, 0.1) is 20.3 Å². The molecule has 13 heteroatoms. The molecule has 2 aliphatic heterocycles. The normalized spacial score (nSPS) is 23.1. The third kappa shape index (κ3) is 4.65. The van der Waals surface area contributed by atoms with Crippen LogP contribution in [0.1, 0.15) is 21.9 Å². The topological polar surface area (TPSA) is 92.2 Å². The van der Waals surface area contributed by atoms with Gasteiger partial charge in [-0.25, -0.2) is 9.97 Å². The fraction of sp³-hybridized carbons (Fsp3) is 0.526. The Kier molecular flexibility index (Phi) is 6.51. The molecule has 4 heterocycles. The average molecular weight is 475 g/mol. The Morgan fingerprint density at radius 3 is 2.94 bits per heavy atom. The molecule has 2 atom stereocenters. The lowest BCUT2D eigenvalue weighted by Gasteiger charge is -2.40. The Balaban J connectivity index is 1.41. The number of hydrogen-bond donors (Lipinski definition) is 0. The van der Waals surface area contributed by atoms with Crippen molar-refractivity contribution >= 4 is 17.2 Å². The van der Waals surface area contributed by atoms with Crippen LogP contribution in [0.2, 0.25) is 0 Å². The number of aromatic nitrogens is 2. The van der Waals surface area contributed by atoms with Crippen molar-refractivity contribution in [2.24, 2.45) is 0 Å². The summed E-state index contributed by atoms with van der Waals surface area (Å²) in [4.78, 5) is 23.2. The Hall–Kier alpha value is -2.48. The van der Waals surface area contributed by atoms with Gasteiger partial charge in [-0.3, -0.25) is 9.53 Å². The molecular weight excluding hydrogens is 455 g/mol. The van der Waals surface area contributed by atoms with Crippen LogP contribution in [0.4, 0.5) is 13.2 Å². The monoisotopic (exact) mass is 475 g/mol. The van der Waals surface area contributed by atoms with Gasteiger partial charge >= 0.3 is 6.36 Å². The molecule has 174 valence electrons. The molecule has 0 aromatic carbocycles. The Bertz CT molecular complexity index is 945. The van der Waals surface area contributed by atoms with E-state index >= 15 is 0 Å². The molecular formula is C19H20F3N3O6S. The number of carbonyl (C=O) groups is 1. The maximum absolute atomic E-state index is 13.0. The second kappa shape index (κ2) is 9.17. The Morgan fingerprint density at radius 2 is 2.22 bits per heavy atom. The zero-order valence-corrected chi connectivity index (χ0v) is 17.8. The van der Waals surface area contributed by atoms with Crippen LogP contribution in [0.3, 0.4) is 0 Å². The van der Waals surface area contributed by atoms with Crippen LogP contribution in [-0.2, 0) is 19.8 Å². The number of alkyl halides is 3. The fourth-order valence-electron chi connectivity index (χ4n) is 3.67. The fourth-order valence-corrected chi connectivity index (χ4v) is 4.54. The molecule has 0 N–H and O–H groups in total. The van der Waals surface area contributed by atoms with Gasteiger partial charge in [-0.2, -0.15) is 0 Å². The summed E-state index contributed by atoms with van der Waals surface area (Å²) in [7, 11) is 1.32. The molecule has 2 aliphatic rings. The lowest BCUT2D eigenvalue weighted by atomic mass is 9.89. The summed E-state index contributed by atoms with van der Waals surface area (Å²) >= 11 is 1.48. The molecule has 4 rings (SSSR count). The first kappa shape index (κ1) is 22.7. The van der Waals surface area contributed by atoms with E-state index in [1.54, 1.807) is 11.1 Å². The predicted octanol–water partition coefficient (Wildman–Crippen LogP) is 2.58. The van der Waals surface area contributed by atoms with Crippen LogP contribution in [0.25, 0.3) is 0 Å². The van der Waals surface area contributed by atoms with Crippen LogP contribution < -0.4 is 9.47 Å². The van der Waals surface area contributed by atoms with Crippen LogP contribution in [-0.4, -0.2) is 73.4 Å². The van der Waals surface area contributed by atoms with Gasteiger partial charge in [0, 0.05) is 24.5 Å². The minimum atomic E-state index is -4.73. The van der Waals surface area contributed by atoms with Crippen molar-refractivity contribution in [3.63, 3.8) is 0 Å². The molecule has 2 saturated heterocycles. The van der Waals surface area contributed by atoms with Gasteiger partial charge in [0.15, 0.2) is 11.4 Å². The van der Waals surface area contributed by atoms with Crippen LogP contribution >= 0.6 is 11.3 Å². The lowest BCUT2D eigenvalue weighted by Crippen LogP contribution is -2.53. The van der Waals surface area contributed by atoms with Gasteiger partial charge < -0.3 is 23.8 Å². The van der Waals surface area contributed by atoms with E-state index in [1.165, 1.54) is 30.6 Å². The number of amides is 1. The zero-order chi connectivity index (χ0) is 22.8. The van der Waals surface area contributed by atoms with E-state index < -0.39 is 18.6 Å². The van der Waals surface area contributed by atoms with Gasteiger partial charge in [0.1, 0.15) is 30.2 Å². The van der Waals surface area contributed by atoms with E-state index in [1.807, 2.05) is 5.38 Å². The summed E-state index contributed by atoms with van der Waals surface area (Å²) in [6.45, 7) is -0.215. The van der Waals surface area contributed by atoms with Gasteiger partial charge in [0.25, 0.3) is 11.8 Å². The highest BCUT2D eigenvalue weighted by atomic mass is 32.1. The number of likely N-dealkylation sites (tertiary alicyclic amines) is 1. The molecule has 0 saturated carbocycles. The van der Waals surface area contributed by atoms with Crippen molar-refractivity contribution in [2.45, 2.75) is 24.5 Å². The molecule has 0 bridgehead atoms. The number of rotatable bonds is 7. The number of carbonyl (C=O) groups excluding carboxylic acids is 1.